The van der Waals surface area contributed by atoms with Gasteiger partial charge in [0.1, 0.15) is 0 Å². The molecule has 0 aliphatic carbocycles. The normalized spacial score (nSPS) is 13.1. The van der Waals surface area contributed by atoms with E-state index in [-0.39, 0.29) is 18.6 Å². The molecular weight excluding hydrogens is 308 g/mol. The zero-order chi connectivity index (χ0) is 17.7. The second-order valence-corrected chi connectivity index (χ2v) is 5.80. The lowest BCUT2D eigenvalue weighted by Crippen LogP contribution is -2.41. The standard InChI is InChI=1S/C17H22N4O3/c1-12(16(22)23)11-20(3)17(24)19-13(2)14-7-4-5-8-15(14)21-10-6-9-18-21/h4-10,12-13H,11H2,1-3H3,(H,19,24)(H,22,23). The number of amides is 2. The Bertz CT molecular complexity index is 700. The third-order valence-corrected chi connectivity index (χ3v) is 3.81. The lowest BCUT2D eigenvalue weighted by atomic mass is 10.1. The third kappa shape index (κ3) is 4.13. The van der Waals surface area contributed by atoms with Gasteiger partial charge < -0.3 is 15.3 Å². The summed E-state index contributed by atoms with van der Waals surface area (Å²) in [6, 6.07) is 8.95. The van der Waals surface area contributed by atoms with Gasteiger partial charge >= 0.3 is 12.0 Å². The fourth-order valence-electron chi connectivity index (χ4n) is 2.42. The van der Waals surface area contributed by atoms with Crippen LogP contribution in [-0.2, 0) is 4.79 Å². The zero-order valence-electron chi connectivity index (χ0n) is 14.0. The van der Waals surface area contributed by atoms with Crippen LogP contribution in [0.25, 0.3) is 5.69 Å². The maximum Gasteiger partial charge on any atom is 0.317 e. The van der Waals surface area contributed by atoms with E-state index in [2.05, 4.69) is 10.4 Å². The number of aliphatic carboxylic acids is 1. The summed E-state index contributed by atoms with van der Waals surface area (Å²) in [6.45, 7) is 3.60. The zero-order valence-corrected chi connectivity index (χ0v) is 14.0. The number of nitrogens with zero attached hydrogens (tertiary/aromatic N) is 3. The molecule has 0 radical (unpaired) electrons. The summed E-state index contributed by atoms with van der Waals surface area (Å²) in [4.78, 5) is 24.6. The third-order valence-electron chi connectivity index (χ3n) is 3.81. The van der Waals surface area contributed by atoms with Crippen LogP contribution in [0.15, 0.2) is 42.7 Å². The van der Waals surface area contributed by atoms with Crippen molar-refractivity contribution in [1.29, 1.82) is 0 Å². The first-order valence-electron chi connectivity index (χ1n) is 7.73. The molecular formula is C17H22N4O3. The molecule has 1 aromatic heterocycles. The number of rotatable bonds is 6. The van der Waals surface area contributed by atoms with Gasteiger partial charge in [-0.2, -0.15) is 5.10 Å². The van der Waals surface area contributed by atoms with Crippen molar-refractivity contribution in [2.75, 3.05) is 13.6 Å². The van der Waals surface area contributed by atoms with Crippen LogP contribution in [0.3, 0.4) is 0 Å². The predicted octanol–water partition coefficient (Wildman–Crippen LogP) is 2.30. The summed E-state index contributed by atoms with van der Waals surface area (Å²) in [6.07, 6.45) is 3.54. The van der Waals surface area contributed by atoms with Crippen molar-refractivity contribution < 1.29 is 14.7 Å². The van der Waals surface area contributed by atoms with Crippen LogP contribution < -0.4 is 5.32 Å². The second kappa shape index (κ2) is 7.63. The van der Waals surface area contributed by atoms with Gasteiger partial charge in [-0.25, -0.2) is 9.48 Å². The SMILES string of the molecule is CC(CN(C)C(=O)NC(C)c1ccccc1-n1cccn1)C(=O)O. The van der Waals surface area contributed by atoms with Crippen LogP contribution in [0.1, 0.15) is 25.5 Å². The van der Waals surface area contributed by atoms with E-state index < -0.39 is 11.9 Å². The Morgan fingerprint density at radius 3 is 2.62 bits per heavy atom. The first-order valence-corrected chi connectivity index (χ1v) is 7.73. The maximum atomic E-state index is 12.3. The Morgan fingerprint density at radius 1 is 1.29 bits per heavy atom. The number of para-hydroxylation sites is 1. The smallest absolute Gasteiger partial charge is 0.317 e. The van der Waals surface area contributed by atoms with Crippen LogP contribution >= 0.6 is 0 Å². The van der Waals surface area contributed by atoms with E-state index in [9.17, 15) is 9.59 Å². The van der Waals surface area contributed by atoms with Gasteiger partial charge in [0, 0.05) is 26.0 Å². The molecule has 2 amide bonds. The first kappa shape index (κ1) is 17.5. The van der Waals surface area contributed by atoms with Gasteiger partial charge in [-0.05, 0) is 24.6 Å². The van der Waals surface area contributed by atoms with E-state index in [1.807, 2.05) is 43.5 Å². The molecule has 1 aromatic carbocycles. The number of aromatic nitrogens is 2. The highest BCUT2D eigenvalue weighted by molar-refractivity contribution is 5.76. The Hall–Kier alpha value is -2.83. The number of urea groups is 1. The summed E-state index contributed by atoms with van der Waals surface area (Å²) in [5.74, 6) is -1.54. The molecule has 0 fully saturated rings. The molecule has 2 atom stereocenters. The quantitative estimate of drug-likeness (QED) is 0.851. The molecule has 7 nitrogen and oxygen atoms in total. The van der Waals surface area contributed by atoms with Gasteiger partial charge in [0.2, 0.25) is 0 Å². The van der Waals surface area contributed by atoms with Crippen LogP contribution in [-0.4, -0.2) is 45.4 Å². The van der Waals surface area contributed by atoms with E-state index in [0.29, 0.717) is 0 Å². The Kier molecular flexibility index (Phi) is 5.57. The summed E-state index contributed by atoms with van der Waals surface area (Å²) < 4.78 is 1.74. The number of nitrogens with one attached hydrogen (secondary N) is 1. The topological polar surface area (TPSA) is 87.5 Å². The molecule has 0 saturated heterocycles. The second-order valence-electron chi connectivity index (χ2n) is 5.80. The van der Waals surface area contributed by atoms with Gasteiger partial charge in [-0.15, -0.1) is 0 Å². The number of carboxylic acid groups (broad SMARTS) is 1. The van der Waals surface area contributed by atoms with Gasteiger partial charge in [0.05, 0.1) is 17.6 Å². The van der Waals surface area contributed by atoms with Crippen molar-refractivity contribution in [3.05, 3.63) is 48.3 Å². The molecule has 0 spiro atoms. The van der Waals surface area contributed by atoms with Crippen molar-refractivity contribution in [2.45, 2.75) is 19.9 Å². The van der Waals surface area contributed by atoms with Gasteiger partial charge in [-0.1, -0.05) is 25.1 Å². The Balaban J connectivity index is 2.09. The van der Waals surface area contributed by atoms with Crippen molar-refractivity contribution in [1.82, 2.24) is 20.0 Å². The number of carbonyl (C=O) groups is 2. The minimum atomic E-state index is -0.924. The predicted molar refractivity (Wildman–Crippen MR) is 89.9 cm³/mol. The Morgan fingerprint density at radius 2 is 2.00 bits per heavy atom. The van der Waals surface area contributed by atoms with E-state index in [0.717, 1.165) is 11.3 Å². The van der Waals surface area contributed by atoms with Gasteiger partial charge in [-0.3, -0.25) is 4.79 Å². The molecule has 2 aromatic rings. The highest BCUT2D eigenvalue weighted by Gasteiger charge is 2.20. The molecule has 0 bridgehead atoms. The van der Waals surface area contributed by atoms with Crippen molar-refractivity contribution >= 4 is 12.0 Å². The van der Waals surface area contributed by atoms with Crippen molar-refractivity contribution in [3.63, 3.8) is 0 Å². The molecule has 24 heavy (non-hydrogen) atoms. The molecule has 0 aliphatic rings. The molecule has 1 heterocycles. The molecule has 0 aliphatic heterocycles. The number of hydrogen-bond acceptors (Lipinski definition) is 3. The van der Waals surface area contributed by atoms with Gasteiger partial charge in [0.15, 0.2) is 0 Å². The molecule has 7 heteroatoms. The molecule has 2 N–H and O–H groups in total. The molecule has 128 valence electrons. The highest BCUT2D eigenvalue weighted by Crippen LogP contribution is 2.21. The van der Waals surface area contributed by atoms with E-state index >= 15 is 0 Å². The van der Waals surface area contributed by atoms with Crippen molar-refractivity contribution in [3.8, 4) is 5.69 Å². The molecule has 2 unspecified atom stereocenters. The van der Waals surface area contributed by atoms with E-state index in [1.165, 1.54) is 4.90 Å². The van der Waals surface area contributed by atoms with Crippen molar-refractivity contribution in [2.24, 2.45) is 5.92 Å². The number of carboxylic acids is 1. The lowest BCUT2D eigenvalue weighted by molar-refractivity contribution is -0.141. The van der Waals surface area contributed by atoms with E-state index in [4.69, 9.17) is 5.11 Å². The van der Waals surface area contributed by atoms with Crippen LogP contribution in [0.2, 0.25) is 0 Å². The molecule has 2 rings (SSSR count). The Labute approximate surface area is 140 Å². The minimum Gasteiger partial charge on any atom is -0.481 e. The first-order chi connectivity index (χ1) is 11.4. The summed E-state index contributed by atoms with van der Waals surface area (Å²) >= 11 is 0. The van der Waals surface area contributed by atoms with Gasteiger partial charge in [0.25, 0.3) is 0 Å². The van der Waals surface area contributed by atoms with E-state index in [1.54, 1.807) is 24.9 Å². The van der Waals surface area contributed by atoms with Crippen LogP contribution in [0.4, 0.5) is 4.79 Å². The average Bonchev–Trinajstić information content (AvgIpc) is 3.08. The summed E-state index contributed by atoms with van der Waals surface area (Å²) in [5, 5.41) is 16.1. The highest BCUT2D eigenvalue weighted by atomic mass is 16.4. The lowest BCUT2D eigenvalue weighted by Gasteiger charge is -2.24. The minimum absolute atomic E-state index is 0.148. The summed E-state index contributed by atoms with van der Waals surface area (Å²) in [7, 11) is 1.58. The summed E-state index contributed by atoms with van der Waals surface area (Å²) in [5.41, 5.74) is 1.81. The average molecular weight is 330 g/mol. The maximum absolute atomic E-state index is 12.3. The number of carbonyl (C=O) groups excluding carboxylic acids is 1. The fourth-order valence-corrected chi connectivity index (χ4v) is 2.42. The van der Waals surface area contributed by atoms with Crippen LogP contribution in [0.5, 0.6) is 0 Å². The number of benzene rings is 1. The largest absolute Gasteiger partial charge is 0.481 e. The van der Waals surface area contributed by atoms with Crippen LogP contribution in [0, 0.1) is 5.92 Å². The fraction of sp³-hybridized carbons (Fsp3) is 0.353. The monoisotopic (exact) mass is 330 g/mol. The number of hydrogen-bond donors (Lipinski definition) is 2. The molecule has 0 saturated carbocycles.